The third-order valence-corrected chi connectivity index (χ3v) is 4.58. The highest BCUT2D eigenvalue weighted by molar-refractivity contribution is 5.99. The molecule has 1 N–H and O–H groups in total. The van der Waals surface area contributed by atoms with Crippen molar-refractivity contribution in [3.8, 4) is 16.9 Å². The Hall–Kier alpha value is -4.26. The number of esters is 1. The van der Waals surface area contributed by atoms with Crippen LogP contribution in [0.2, 0.25) is 0 Å². The first-order valence-corrected chi connectivity index (χ1v) is 9.74. The van der Waals surface area contributed by atoms with Gasteiger partial charge in [-0.05, 0) is 43.3 Å². The van der Waals surface area contributed by atoms with E-state index in [9.17, 15) is 9.59 Å². The Bertz CT molecular complexity index is 1180. The number of aromatic nitrogens is 3. The van der Waals surface area contributed by atoms with Crippen LogP contribution in [0.3, 0.4) is 0 Å². The van der Waals surface area contributed by atoms with E-state index in [2.05, 4.69) is 15.4 Å². The van der Waals surface area contributed by atoms with Gasteiger partial charge in [0.1, 0.15) is 11.3 Å². The molecule has 7 nitrogen and oxygen atoms in total. The summed E-state index contributed by atoms with van der Waals surface area (Å²) in [5.41, 5.74) is 2.77. The van der Waals surface area contributed by atoms with E-state index in [1.165, 1.54) is 6.92 Å². The van der Waals surface area contributed by atoms with Crippen molar-refractivity contribution in [1.29, 1.82) is 0 Å². The van der Waals surface area contributed by atoms with Crippen molar-refractivity contribution in [3.63, 3.8) is 0 Å². The zero-order valence-electron chi connectivity index (χ0n) is 16.8. The third kappa shape index (κ3) is 4.67. The molecule has 0 bridgehead atoms. The van der Waals surface area contributed by atoms with Crippen molar-refractivity contribution >= 4 is 17.6 Å². The average Bonchev–Trinajstić information content (AvgIpc) is 3.27. The number of anilines is 1. The molecule has 0 aliphatic rings. The van der Waals surface area contributed by atoms with Crippen LogP contribution in [0.25, 0.3) is 16.9 Å². The molecule has 0 aliphatic carbocycles. The maximum atomic E-state index is 13.0. The Kier molecular flexibility index (Phi) is 5.84. The van der Waals surface area contributed by atoms with Crippen molar-refractivity contribution in [3.05, 3.63) is 97.0 Å². The monoisotopic (exact) mass is 412 g/mol. The maximum Gasteiger partial charge on any atom is 0.342 e. The normalized spacial score (nSPS) is 11.5. The molecule has 0 saturated carbocycles. The van der Waals surface area contributed by atoms with Crippen LogP contribution in [0.5, 0.6) is 0 Å². The van der Waals surface area contributed by atoms with Gasteiger partial charge in [0.25, 0.3) is 5.91 Å². The van der Waals surface area contributed by atoms with Crippen LogP contribution in [0.15, 0.2) is 91.4 Å². The summed E-state index contributed by atoms with van der Waals surface area (Å²) in [4.78, 5) is 29.5. The largest absolute Gasteiger partial charge is 0.449 e. The number of nitrogens with zero attached hydrogens (tertiary/aromatic N) is 3. The van der Waals surface area contributed by atoms with Gasteiger partial charge in [0, 0.05) is 29.8 Å². The number of hydrogen-bond donors (Lipinski definition) is 1. The fourth-order valence-electron chi connectivity index (χ4n) is 3.00. The third-order valence-electron chi connectivity index (χ3n) is 4.58. The molecule has 2 aromatic carbocycles. The number of hydrogen-bond acceptors (Lipinski definition) is 5. The van der Waals surface area contributed by atoms with E-state index in [1.807, 2.05) is 54.6 Å². The maximum absolute atomic E-state index is 13.0. The number of amides is 1. The first kappa shape index (κ1) is 20.0. The van der Waals surface area contributed by atoms with Crippen LogP contribution in [-0.4, -0.2) is 32.7 Å². The Morgan fingerprint density at radius 1 is 0.968 bits per heavy atom. The van der Waals surface area contributed by atoms with Gasteiger partial charge < -0.3 is 10.1 Å². The van der Waals surface area contributed by atoms with E-state index in [0.29, 0.717) is 16.9 Å². The zero-order valence-corrected chi connectivity index (χ0v) is 16.8. The summed E-state index contributed by atoms with van der Waals surface area (Å²) in [7, 11) is 0. The number of carbonyl (C=O) groups is 2. The molecule has 1 atom stereocenters. The number of para-hydroxylation sites is 2. The molecule has 154 valence electrons. The second-order valence-electron chi connectivity index (χ2n) is 6.82. The van der Waals surface area contributed by atoms with Crippen LogP contribution >= 0.6 is 0 Å². The highest BCUT2D eigenvalue weighted by Crippen LogP contribution is 2.24. The van der Waals surface area contributed by atoms with E-state index < -0.39 is 18.0 Å². The number of nitrogens with one attached hydrogen (secondary N) is 1. The average molecular weight is 412 g/mol. The van der Waals surface area contributed by atoms with Crippen molar-refractivity contribution in [2.24, 2.45) is 0 Å². The first-order valence-electron chi connectivity index (χ1n) is 9.74. The quantitative estimate of drug-likeness (QED) is 0.482. The highest BCUT2D eigenvalue weighted by Gasteiger charge is 2.24. The van der Waals surface area contributed by atoms with E-state index in [1.54, 1.807) is 41.5 Å². The lowest BCUT2D eigenvalue weighted by Gasteiger charge is -2.13. The van der Waals surface area contributed by atoms with Gasteiger partial charge in [-0.15, -0.1) is 0 Å². The van der Waals surface area contributed by atoms with Gasteiger partial charge in [-0.2, -0.15) is 5.10 Å². The lowest BCUT2D eigenvalue weighted by molar-refractivity contribution is -0.123. The fraction of sp³-hybridized carbons (Fsp3) is 0.0833. The molecular formula is C24H20N4O3. The molecule has 0 aliphatic heterocycles. The number of carbonyl (C=O) groups excluding carboxylic acids is 2. The molecule has 0 unspecified atom stereocenters. The minimum absolute atomic E-state index is 0.246. The van der Waals surface area contributed by atoms with Crippen LogP contribution in [0, 0.1) is 0 Å². The standard InChI is InChI=1S/C24H20N4O3/c1-17(23(29)26-19-10-4-2-5-11-19)31-24(30)21-16-28(20-12-6-3-7-13-20)27-22(21)18-9-8-14-25-15-18/h2-17H,1H3,(H,26,29)/t17-/m1/s1. The van der Waals surface area contributed by atoms with Crippen molar-refractivity contribution in [2.75, 3.05) is 5.32 Å². The van der Waals surface area contributed by atoms with Gasteiger partial charge in [0.15, 0.2) is 6.10 Å². The molecule has 4 aromatic rings. The van der Waals surface area contributed by atoms with Crippen LogP contribution in [-0.2, 0) is 9.53 Å². The van der Waals surface area contributed by atoms with Gasteiger partial charge in [0.2, 0.25) is 0 Å². The minimum atomic E-state index is -0.991. The molecule has 0 radical (unpaired) electrons. The van der Waals surface area contributed by atoms with Crippen LogP contribution in [0.1, 0.15) is 17.3 Å². The molecule has 0 saturated heterocycles. The predicted octanol–water partition coefficient (Wildman–Crippen LogP) is 4.12. The Balaban J connectivity index is 1.59. The number of pyridine rings is 1. The lowest BCUT2D eigenvalue weighted by atomic mass is 10.1. The van der Waals surface area contributed by atoms with E-state index >= 15 is 0 Å². The number of benzene rings is 2. The van der Waals surface area contributed by atoms with Gasteiger partial charge in [-0.3, -0.25) is 9.78 Å². The summed E-state index contributed by atoms with van der Waals surface area (Å²) in [5.74, 6) is -1.06. The SMILES string of the molecule is C[C@@H](OC(=O)c1cn(-c2ccccc2)nc1-c1cccnc1)C(=O)Nc1ccccc1. The molecule has 0 fully saturated rings. The lowest BCUT2D eigenvalue weighted by Crippen LogP contribution is -2.30. The zero-order chi connectivity index (χ0) is 21.6. The molecule has 31 heavy (non-hydrogen) atoms. The summed E-state index contributed by atoms with van der Waals surface area (Å²) in [6.07, 6.45) is 3.88. The summed E-state index contributed by atoms with van der Waals surface area (Å²) in [6.45, 7) is 1.53. The van der Waals surface area contributed by atoms with Crippen molar-refractivity contribution < 1.29 is 14.3 Å². The molecule has 1 amide bonds. The fourth-order valence-corrected chi connectivity index (χ4v) is 3.00. The van der Waals surface area contributed by atoms with Gasteiger partial charge >= 0.3 is 5.97 Å². The second-order valence-corrected chi connectivity index (χ2v) is 6.82. The molecule has 2 heterocycles. The van der Waals surface area contributed by atoms with Crippen LogP contribution in [0.4, 0.5) is 5.69 Å². The summed E-state index contributed by atoms with van der Waals surface area (Å²) >= 11 is 0. The van der Waals surface area contributed by atoms with Crippen LogP contribution < -0.4 is 5.32 Å². The summed E-state index contributed by atoms with van der Waals surface area (Å²) < 4.78 is 7.06. The Morgan fingerprint density at radius 3 is 2.35 bits per heavy atom. The molecule has 7 heteroatoms. The van der Waals surface area contributed by atoms with E-state index in [0.717, 1.165) is 5.69 Å². The summed E-state index contributed by atoms with van der Waals surface area (Å²) in [6, 6.07) is 22.0. The molecule has 4 rings (SSSR count). The topological polar surface area (TPSA) is 86.1 Å². The van der Waals surface area contributed by atoms with E-state index in [4.69, 9.17) is 4.74 Å². The predicted molar refractivity (Wildman–Crippen MR) is 117 cm³/mol. The van der Waals surface area contributed by atoms with Crippen molar-refractivity contribution in [2.45, 2.75) is 13.0 Å². The molecule has 2 aromatic heterocycles. The first-order chi connectivity index (χ1) is 15.1. The minimum Gasteiger partial charge on any atom is -0.449 e. The Labute approximate surface area is 179 Å². The van der Waals surface area contributed by atoms with Crippen molar-refractivity contribution in [1.82, 2.24) is 14.8 Å². The van der Waals surface area contributed by atoms with Gasteiger partial charge in [-0.25, -0.2) is 9.48 Å². The Morgan fingerprint density at radius 2 is 1.68 bits per heavy atom. The van der Waals surface area contributed by atoms with E-state index in [-0.39, 0.29) is 5.56 Å². The highest BCUT2D eigenvalue weighted by atomic mass is 16.5. The smallest absolute Gasteiger partial charge is 0.342 e. The van der Waals surface area contributed by atoms with Gasteiger partial charge in [-0.1, -0.05) is 36.4 Å². The number of ether oxygens (including phenoxy) is 1. The second kappa shape index (κ2) is 9.04. The summed E-state index contributed by atoms with van der Waals surface area (Å²) in [5, 5.41) is 7.30. The molecular weight excluding hydrogens is 392 g/mol. The van der Waals surface area contributed by atoms with Gasteiger partial charge in [0.05, 0.1) is 5.69 Å². The molecule has 0 spiro atoms. The number of rotatable bonds is 6.